The number of pyridine rings is 1. The minimum absolute atomic E-state index is 0.222. The summed E-state index contributed by atoms with van der Waals surface area (Å²) in [6, 6.07) is 14.1. The van der Waals surface area contributed by atoms with Crippen LogP contribution in [0.5, 0.6) is 11.5 Å². The average molecular weight is 432 g/mol. The molecular weight excluding hydrogens is 394 g/mol. The topological polar surface area (TPSA) is 53.4 Å². The molecular formula is C29H37NO2. The maximum atomic E-state index is 11.5. The summed E-state index contributed by atoms with van der Waals surface area (Å²) in [5, 5.41) is 23.0. The second-order valence-electron chi connectivity index (χ2n) is 11.1. The van der Waals surface area contributed by atoms with Crippen LogP contribution >= 0.6 is 0 Å². The summed E-state index contributed by atoms with van der Waals surface area (Å²) in [4.78, 5) is 4.83. The second kappa shape index (κ2) is 8.27. The van der Waals surface area contributed by atoms with Crippen LogP contribution in [-0.2, 0) is 10.8 Å². The highest BCUT2D eigenvalue weighted by atomic mass is 16.3. The Morgan fingerprint density at radius 1 is 0.688 bits per heavy atom. The Morgan fingerprint density at radius 3 is 1.50 bits per heavy atom. The van der Waals surface area contributed by atoms with E-state index in [0.29, 0.717) is 0 Å². The molecule has 0 unspecified atom stereocenters. The van der Waals surface area contributed by atoms with Gasteiger partial charge in [0.25, 0.3) is 0 Å². The number of benzene rings is 2. The third-order valence-corrected chi connectivity index (χ3v) is 6.01. The minimum atomic E-state index is -0.392. The van der Waals surface area contributed by atoms with E-state index in [9.17, 15) is 10.2 Å². The molecule has 3 rings (SSSR count). The lowest BCUT2D eigenvalue weighted by atomic mass is 9.77. The number of aryl methyl sites for hydroxylation is 3. The molecule has 0 saturated heterocycles. The molecule has 0 radical (unpaired) electrons. The van der Waals surface area contributed by atoms with Gasteiger partial charge in [0, 0.05) is 16.8 Å². The smallest absolute Gasteiger partial charge is 0.123 e. The zero-order valence-electron chi connectivity index (χ0n) is 21.0. The van der Waals surface area contributed by atoms with Gasteiger partial charge in [0.15, 0.2) is 0 Å². The number of hydrogen-bond donors (Lipinski definition) is 2. The van der Waals surface area contributed by atoms with Crippen molar-refractivity contribution in [2.75, 3.05) is 0 Å². The molecule has 2 aromatic carbocycles. The van der Waals surface area contributed by atoms with E-state index < -0.39 is 5.92 Å². The molecule has 3 aromatic rings. The van der Waals surface area contributed by atoms with E-state index >= 15 is 0 Å². The van der Waals surface area contributed by atoms with Gasteiger partial charge in [0.05, 0.1) is 11.6 Å². The fourth-order valence-electron chi connectivity index (χ4n) is 4.41. The van der Waals surface area contributed by atoms with Gasteiger partial charge in [-0.2, -0.15) is 0 Å². The second-order valence-corrected chi connectivity index (χ2v) is 11.1. The fourth-order valence-corrected chi connectivity index (χ4v) is 4.41. The van der Waals surface area contributed by atoms with Crippen molar-refractivity contribution in [1.82, 2.24) is 4.98 Å². The predicted octanol–water partition coefficient (Wildman–Crippen LogP) is 7.19. The van der Waals surface area contributed by atoms with Gasteiger partial charge in [-0.05, 0) is 54.9 Å². The normalized spacial score (nSPS) is 12.4. The average Bonchev–Trinajstić information content (AvgIpc) is 2.65. The van der Waals surface area contributed by atoms with Crippen molar-refractivity contribution < 1.29 is 10.2 Å². The van der Waals surface area contributed by atoms with E-state index in [0.717, 1.165) is 44.8 Å². The molecule has 0 fully saturated rings. The molecule has 0 spiro atoms. The van der Waals surface area contributed by atoms with Crippen LogP contribution in [0, 0.1) is 20.8 Å². The fraction of sp³-hybridized carbons (Fsp3) is 0.414. The quantitative estimate of drug-likeness (QED) is 0.461. The summed E-state index contributed by atoms with van der Waals surface area (Å²) in [5.74, 6) is 0.154. The molecule has 1 aromatic heterocycles. The first-order valence-electron chi connectivity index (χ1n) is 11.3. The van der Waals surface area contributed by atoms with Crippen molar-refractivity contribution in [3.63, 3.8) is 0 Å². The van der Waals surface area contributed by atoms with Crippen LogP contribution in [0.1, 0.15) is 92.2 Å². The monoisotopic (exact) mass is 431 g/mol. The lowest BCUT2D eigenvalue weighted by Crippen LogP contribution is -2.16. The first-order valence-corrected chi connectivity index (χ1v) is 11.3. The van der Waals surface area contributed by atoms with E-state index in [1.54, 1.807) is 0 Å². The van der Waals surface area contributed by atoms with Gasteiger partial charge in [0.2, 0.25) is 0 Å². The van der Waals surface area contributed by atoms with Crippen molar-refractivity contribution >= 4 is 0 Å². The summed E-state index contributed by atoms with van der Waals surface area (Å²) < 4.78 is 0. The molecule has 0 amide bonds. The lowest BCUT2D eigenvalue weighted by molar-refractivity contribution is 0.431. The van der Waals surface area contributed by atoms with Gasteiger partial charge in [0.1, 0.15) is 11.5 Å². The SMILES string of the molecule is Cc1cc(C(c2cccc(C)n2)c2cc(C)cc(C(C)(C)C)c2O)c(O)c(C(C)(C)C)c1. The van der Waals surface area contributed by atoms with Crippen molar-refractivity contribution in [2.45, 2.75) is 79.1 Å². The highest BCUT2D eigenvalue weighted by Crippen LogP contribution is 2.46. The van der Waals surface area contributed by atoms with Crippen LogP contribution in [0.3, 0.4) is 0 Å². The van der Waals surface area contributed by atoms with Gasteiger partial charge in [-0.1, -0.05) is 83.0 Å². The van der Waals surface area contributed by atoms with Gasteiger partial charge < -0.3 is 10.2 Å². The summed E-state index contributed by atoms with van der Waals surface area (Å²) in [5.41, 5.74) is 6.75. The molecule has 1 heterocycles. The van der Waals surface area contributed by atoms with E-state index in [1.807, 2.05) is 37.3 Å². The standard InChI is InChI=1S/C29H37NO2/c1-17-13-20(26(31)22(15-17)28(4,5)6)25(24-12-10-11-19(3)30-24)21-14-18(2)16-23(27(21)32)29(7,8)9/h10-16,25,31-32H,1-9H3. The van der Waals surface area contributed by atoms with Crippen molar-refractivity contribution in [3.05, 3.63) is 87.2 Å². The van der Waals surface area contributed by atoms with E-state index in [2.05, 4.69) is 67.5 Å². The molecule has 3 heteroatoms. The summed E-state index contributed by atoms with van der Waals surface area (Å²) in [7, 11) is 0. The predicted molar refractivity (Wildman–Crippen MR) is 133 cm³/mol. The minimum Gasteiger partial charge on any atom is -0.507 e. The molecule has 0 aliphatic rings. The summed E-state index contributed by atoms with van der Waals surface area (Å²) in [6.07, 6.45) is 0. The highest BCUT2D eigenvalue weighted by Gasteiger charge is 2.31. The van der Waals surface area contributed by atoms with Crippen LogP contribution in [-0.4, -0.2) is 15.2 Å². The zero-order valence-corrected chi connectivity index (χ0v) is 21.0. The molecule has 170 valence electrons. The number of nitrogens with zero attached hydrogens (tertiary/aromatic N) is 1. The van der Waals surface area contributed by atoms with E-state index in [1.165, 1.54) is 0 Å². The van der Waals surface area contributed by atoms with Crippen LogP contribution in [0.2, 0.25) is 0 Å². The van der Waals surface area contributed by atoms with Gasteiger partial charge in [-0.15, -0.1) is 0 Å². The number of hydrogen-bond acceptors (Lipinski definition) is 3. The molecule has 0 aliphatic heterocycles. The zero-order chi connectivity index (χ0) is 24.0. The Labute approximate surface area is 193 Å². The maximum Gasteiger partial charge on any atom is 0.123 e. The third kappa shape index (κ3) is 4.67. The Hall–Kier alpha value is -2.81. The Kier molecular flexibility index (Phi) is 6.16. The van der Waals surface area contributed by atoms with Crippen molar-refractivity contribution in [2.24, 2.45) is 0 Å². The summed E-state index contributed by atoms with van der Waals surface area (Å²) >= 11 is 0. The Bertz CT molecular complexity index is 1080. The molecule has 0 atom stereocenters. The van der Waals surface area contributed by atoms with Crippen LogP contribution in [0.15, 0.2) is 42.5 Å². The van der Waals surface area contributed by atoms with Gasteiger partial charge in [-0.25, -0.2) is 0 Å². The van der Waals surface area contributed by atoms with Gasteiger partial charge >= 0.3 is 0 Å². The summed E-state index contributed by atoms with van der Waals surface area (Å²) in [6.45, 7) is 18.7. The largest absolute Gasteiger partial charge is 0.507 e. The number of aromatic hydroxyl groups is 2. The number of phenolic OH excluding ortho intramolecular Hbond substituents is 2. The van der Waals surface area contributed by atoms with Crippen LogP contribution < -0.4 is 0 Å². The molecule has 32 heavy (non-hydrogen) atoms. The first kappa shape index (κ1) is 23.8. The first-order chi connectivity index (χ1) is 14.7. The van der Waals surface area contributed by atoms with Crippen LogP contribution in [0.25, 0.3) is 0 Å². The van der Waals surface area contributed by atoms with Crippen molar-refractivity contribution in [3.8, 4) is 11.5 Å². The van der Waals surface area contributed by atoms with Crippen LogP contribution in [0.4, 0.5) is 0 Å². The molecule has 2 N–H and O–H groups in total. The Morgan fingerprint density at radius 2 is 1.12 bits per heavy atom. The molecule has 0 aliphatic carbocycles. The molecule has 0 saturated carbocycles. The number of aromatic nitrogens is 1. The Balaban J connectivity index is 2.43. The molecule has 3 nitrogen and oxygen atoms in total. The maximum absolute atomic E-state index is 11.5. The molecule has 0 bridgehead atoms. The van der Waals surface area contributed by atoms with E-state index in [-0.39, 0.29) is 22.3 Å². The highest BCUT2D eigenvalue weighted by molar-refractivity contribution is 5.59. The third-order valence-electron chi connectivity index (χ3n) is 6.01. The number of phenols is 2. The number of rotatable bonds is 3. The van der Waals surface area contributed by atoms with Gasteiger partial charge in [-0.3, -0.25) is 4.98 Å². The van der Waals surface area contributed by atoms with E-state index in [4.69, 9.17) is 4.98 Å². The lowest BCUT2D eigenvalue weighted by Gasteiger charge is -2.29. The van der Waals surface area contributed by atoms with Crippen molar-refractivity contribution in [1.29, 1.82) is 0 Å².